The number of aromatic hydroxyl groups is 1. The Kier molecular flexibility index (Phi) is 7.77. The van der Waals surface area contributed by atoms with Gasteiger partial charge < -0.3 is 30.3 Å². The normalized spacial score (nSPS) is 18.3. The third kappa shape index (κ3) is 6.43. The number of hydrogen-bond acceptors (Lipinski definition) is 8. The van der Waals surface area contributed by atoms with Crippen LogP contribution in [0.1, 0.15) is 61.5 Å². The van der Waals surface area contributed by atoms with Crippen LogP contribution in [0.2, 0.25) is 0 Å². The lowest BCUT2D eigenvalue weighted by atomic mass is 9.91. The Labute approximate surface area is 217 Å². The summed E-state index contributed by atoms with van der Waals surface area (Å²) in [7, 11) is 1.47. The summed E-state index contributed by atoms with van der Waals surface area (Å²) in [5, 5.41) is 27.1. The van der Waals surface area contributed by atoms with Crippen LogP contribution in [0.5, 0.6) is 11.5 Å². The summed E-state index contributed by atoms with van der Waals surface area (Å²) in [6, 6.07) is 6.35. The number of fused-ring (bicyclic) bond motifs is 1. The van der Waals surface area contributed by atoms with Gasteiger partial charge in [0.15, 0.2) is 0 Å². The van der Waals surface area contributed by atoms with E-state index in [2.05, 4.69) is 15.6 Å². The monoisotopic (exact) mass is 512 g/mol. The first-order valence-electron chi connectivity index (χ1n) is 12.6. The molecule has 37 heavy (non-hydrogen) atoms. The molecule has 10 nitrogen and oxygen atoms in total. The molecule has 1 fully saturated rings. The zero-order chi connectivity index (χ0) is 26.7. The van der Waals surface area contributed by atoms with Crippen LogP contribution < -0.4 is 15.4 Å². The van der Waals surface area contributed by atoms with Gasteiger partial charge in [0.05, 0.1) is 31.0 Å². The summed E-state index contributed by atoms with van der Waals surface area (Å²) in [4.78, 5) is 31.9. The molecule has 2 aliphatic rings. The second-order valence-electron chi connectivity index (χ2n) is 10.7. The van der Waals surface area contributed by atoms with Crippen molar-refractivity contribution in [1.82, 2.24) is 15.2 Å². The van der Waals surface area contributed by atoms with Crippen molar-refractivity contribution in [3.63, 3.8) is 0 Å². The standard InChI is InChI=1S/C27H36N4O6/c1-27(2,3)37-26(35)31-15-17-10-19(32)9-8-16(17)11-21(31)22(33)13-29-25(34)20-12-24(28-14-23(20)36-4)30-18-6-5-7-18/h8-10,12,14,18,21-22,32-33H,5-7,11,13,15H2,1-4H3,(H,28,30)(H,29,34)/t21?,22-/m1/s1. The van der Waals surface area contributed by atoms with Crippen molar-refractivity contribution in [1.29, 1.82) is 0 Å². The minimum Gasteiger partial charge on any atom is -0.508 e. The van der Waals surface area contributed by atoms with Gasteiger partial charge in [-0.15, -0.1) is 0 Å². The number of phenols is 1. The van der Waals surface area contributed by atoms with Gasteiger partial charge in [0.25, 0.3) is 5.91 Å². The summed E-state index contributed by atoms with van der Waals surface area (Å²) in [5.74, 6) is 0.610. The van der Waals surface area contributed by atoms with Crippen LogP contribution in [0.25, 0.3) is 0 Å². The van der Waals surface area contributed by atoms with Crippen LogP contribution in [0.15, 0.2) is 30.5 Å². The van der Waals surface area contributed by atoms with E-state index in [-0.39, 0.29) is 18.8 Å². The Bertz CT molecular complexity index is 1140. The van der Waals surface area contributed by atoms with Gasteiger partial charge in [-0.2, -0.15) is 0 Å². The summed E-state index contributed by atoms with van der Waals surface area (Å²) >= 11 is 0. The molecule has 200 valence electrons. The van der Waals surface area contributed by atoms with Gasteiger partial charge in [-0.05, 0) is 75.8 Å². The van der Waals surface area contributed by atoms with Crippen molar-refractivity contribution >= 4 is 17.8 Å². The Hall–Kier alpha value is -3.53. The Morgan fingerprint density at radius 3 is 2.62 bits per heavy atom. The fourth-order valence-electron chi connectivity index (χ4n) is 4.51. The molecule has 1 saturated carbocycles. The van der Waals surface area contributed by atoms with Crippen LogP contribution >= 0.6 is 0 Å². The van der Waals surface area contributed by atoms with Crippen LogP contribution in [0, 0.1) is 0 Å². The molecule has 0 radical (unpaired) electrons. The highest BCUT2D eigenvalue weighted by atomic mass is 16.6. The van der Waals surface area contributed by atoms with Gasteiger partial charge in [0.1, 0.15) is 22.9 Å². The molecule has 2 heterocycles. The van der Waals surface area contributed by atoms with Crippen LogP contribution in [0.4, 0.5) is 10.6 Å². The molecule has 1 unspecified atom stereocenters. The first-order valence-corrected chi connectivity index (χ1v) is 12.6. The van der Waals surface area contributed by atoms with Crippen molar-refractivity contribution < 1.29 is 29.3 Å². The number of aliphatic hydroxyl groups is 1. The smallest absolute Gasteiger partial charge is 0.410 e. The molecule has 1 aliphatic carbocycles. The minimum absolute atomic E-state index is 0.0902. The number of aromatic nitrogens is 1. The number of ether oxygens (including phenoxy) is 2. The highest BCUT2D eigenvalue weighted by Gasteiger charge is 2.37. The second kappa shape index (κ2) is 10.8. The molecule has 1 aliphatic heterocycles. The highest BCUT2D eigenvalue weighted by Crippen LogP contribution is 2.30. The van der Waals surface area contributed by atoms with Crippen molar-refractivity contribution in [3.05, 3.63) is 47.2 Å². The lowest BCUT2D eigenvalue weighted by Gasteiger charge is -2.40. The van der Waals surface area contributed by atoms with E-state index in [9.17, 15) is 19.8 Å². The van der Waals surface area contributed by atoms with Crippen molar-refractivity contribution in [2.24, 2.45) is 0 Å². The Morgan fingerprint density at radius 2 is 1.97 bits per heavy atom. The molecule has 0 spiro atoms. The first kappa shape index (κ1) is 26.5. The SMILES string of the molecule is COc1cnc(NC2CCC2)cc1C(=O)NC[C@@H](O)C1Cc2ccc(O)cc2CN1C(=O)OC(C)(C)C. The predicted octanol–water partition coefficient (Wildman–Crippen LogP) is 3.21. The summed E-state index contributed by atoms with van der Waals surface area (Å²) < 4.78 is 10.9. The Balaban J connectivity index is 1.48. The highest BCUT2D eigenvalue weighted by molar-refractivity contribution is 5.97. The topological polar surface area (TPSA) is 133 Å². The number of nitrogens with zero attached hydrogens (tertiary/aromatic N) is 2. The van der Waals surface area contributed by atoms with E-state index in [1.807, 2.05) is 0 Å². The molecule has 1 aromatic carbocycles. The van der Waals surface area contributed by atoms with E-state index >= 15 is 0 Å². The van der Waals surface area contributed by atoms with E-state index < -0.39 is 29.7 Å². The minimum atomic E-state index is -1.07. The van der Waals surface area contributed by atoms with Crippen LogP contribution in [0.3, 0.4) is 0 Å². The number of rotatable bonds is 7. The molecule has 0 bridgehead atoms. The predicted molar refractivity (Wildman–Crippen MR) is 138 cm³/mol. The molecule has 1 aromatic heterocycles. The van der Waals surface area contributed by atoms with Crippen LogP contribution in [-0.4, -0.2) is 69.5 Å². The zero-order valence-electron chi connectivity index (χ0n) is 21.8. The van der Waals surface area contributed by atoms with E-state index in [0.29, 0.717) is 29.6 Å². The first-order chi connectivity index (χ1) is 17.5. The molecule has 10 heteroatoms. The lowest BCUT2D eigenvalue weighted by molar-refractivity contribution is -0.0113. The maximum atomic E-state index is 13.1. The number of amides is 2. The second-order valence-corrected chi connectivity index (χ2v) is 10.7. The van der Waals surface area contributed by atoms with Gasteiger partial charge in [0, 0.05) is 19.1 Å². The van der Waals surface area contributed by atoms with Crippen molar-refractivity contribution in [2.45, 2.75) is 76.8 Å². The third-order valence-electron chi connectivity index (χ3n) is 6.69. The zero-order valence-corrected chi connectivity index (χ0v) is 21.8. The largest absolute Gasteiger partial charge is 0.508 e. The fraction of sp³-hybridized carbons (Fsp3) is 0.519. The summed E-state index contributed by atoms with van der Waals surface area (Å²) in [6.07, 6.45) is 3.52. The van der Waals surface area contributed by atoms with Crippen molar-refractivity contribution in [2.75, 3.05) is 19.0 Å². The Morgan fingerprint density at radius 1 is 1.22 bits per heavy atom. The van der Waals surface area contributed by atoms with Crippen molar-refractivity contribution in [3.8, 4) is 11.5 Å². The maximum Gasteiger partial charge on any atom is 0.410 e. The fourth-order valence-corrected chi connectivity index (χ4v) is 4.51. The number of hydrogen-bond donors (Lipinski definition) is 4. The van der Waals surface area contributed by atoms with Gasteiger partial charge >= 0.3 is 6.09 Å². The van der Waals surface area contributed by atoms with E-state index in [1.165, 1.54) is 24.6 Å². The average Bonchev–Trinajstić information content (AvgIpc) is 2.82. The number of aliphatic hydroxyl groups excluding tert-OH is 1. The summed E-state index contributed by atoms with van der Waals surface area (Å²) in [6.45, 7) is 5.40. The number of anilines is 1. The number of carbonyl (C=O) groups excluding carboxylic acids is 2. The van der Waals surface area contributed by atoms with Gasteiger partial charge in [0.2, 0.25) is 0 Å². The number of nitrogens with one attached hydrogen (secondary N) is 2. The molecule has 0 saturated heterocycles. The number of methoxy groups -OCH3 is 1. The molecule has 4 rings (SSSR count). The quantitative estimate of drug-likeness (QED) is 0.445. The number of pyridine rings is 1. The molecule has 4 N–H and O–H groups in total. The van der Waals surface area contributed by atoms with Crippen LogP contribution in [-0.2, 0) is 17.7 Å². The van der Waals surface area contributed by atoms with E-state index in [0.717, 1.165) is 24.0 Å². The molecule has 2 atom stereocenters. The summed E-state index contributed by atoms with van der Waals surface area (Å²) in [5.41, 5.74) is 1.28. The number of carbonyl (C=O) groups is 2. The molecule has 2 amide bonds. The van der Waals surface area contributed by atoms with E-state index in [1.54, 1.807) is 45.0 Å². The van der Waals surface area contributed by atoms with Gasteiger partial charge in [-0.1, -0.05) is 6.07 Å². The van der Waals surface area contributed by atoms with Gasteiger partial charge in [-0.25, -0.2) is 9.78 Å². The van der Waals surface area contributed by atoms with E-state index in [4.69, 9.17) is 9.47 Å². The average molecular weight is 513 g/mol. The lowest BCUT2D eigenvalue weighted by Crippen LogP contribution is -2.54. The van der Waals surface area contributed by atoms with Gasteiger partial charge in [-0.3, -0.25) is 9.69 Å². The maximum absolute atomic E-state index is 13.1. The number of phenolic OH excluding ortho intramolecular Hbond substituents is 1. The molecular weight excluding hydrogens is 476 g/mol. The molecule has 2 aromatic rings. The third-order valence-corrected chi connectivity index (χ3v) is 6.69. The number of benzene rings is 1. The molecular formula is C27H36N4O6.